The molecule has 21 heavy (non-hydrogen) atoms. The van der Waals surface area contributed by atoms with Gasteiger partial charge in [-0.2, -0.15) is 0 Å². The minimum absolute atomic E-state index is 0.307. The number of rotatable bonds is 6. The van der Waals surface area contributed by atoms with E-state index in [1.165, 1.54) is 12.1 Å². The monoisotopic (exact) mass is 307 g/mol. The summed E-state index contributed by atoms with van der Waals surface area (Å²) < 4.78 is 12.9. The van der Waals surface area contributed by atoms with Crippen molar-refractivity contribution < 1.29 is 9.18 Å². The first-order valence-electron chi connectivity index (χ1n) is 6.44. The lowest BCUT2D eigenvalue weighted by Crippen LogP contribution is -2.31. The molecule has 0 saturated heterocycles. The summed E-state index contributed by atoms with van der Waals surface area (Å²) in [7, 11) is 0. The van der Waals surface area contributed by atoms with Crippen LogP contribution in [0.25, 0.3) is 0 Å². The summed E-state index contributed by atoms with van der Waals surface area (Å²) in [4.78, 5) is 15.4. The van der Waals surface area contributed by atoms with Gasteiger partial charge in [0.05, 0.1) is 5.92 Å². The largest absolute Gasteiger partial charge is 0.384 e. The van der Waals surface area contributed by atoms with Gasteiger partial charge in [0.1, 0.15) is 11.0 Å². The molecule has 110 valence electrons. The van der Waals surface area contributed by atoms with Crippen LogP contribution in [0.2, 0.25) is 5.15 Å². The highest BCUT2D eigenvalue weighted by Crippen LogP contribution is 2.14. The quantitative estimate of drug-likeness (QED) is 0.806. The first-order valence-corrected chi connectivity index (χ1v) is 6.81. The second-order valence-corrected chi connectivity index (χ2v) is 5.07. The lowest BCUT2D eigenvalue weighted by Gasteiger charge is -2.15. The molecular formula is C15H15ClFN3O. The van der Waals surface area contributed by atoms with Crippen molar-refractivity contribution in [2.75, 3.05) is 11.9 Å². The van der Waals surface area contributed by atoms with Crippen LogP contribution in [0.1, 0.15) is 5.56 Å². The number of pyridine rings is 1. The number of aromatic nitrogens is 1. The van der Waals surface area contributed by atoms with E-state index < -0.39 is 11.8 Å². The Balaban J connectivity index is 1.99. The maximum Gasteiger partial charge on any atom is 0.222 e. The zero-order valence-electron chi connectivity index (χ0n) is 11.2. The second kappa shape index (κ2) is 7.04. The molecule has 2 aromatic rings. The molecule has 0 fully saturated rings. The maximum absolute atomic E-state index is 12.9. The molecule has 2 rings (SSSR count). The average Bonchev–Trinajstić information content (AvgIpc) is 2.45. The van der Waals surface area contributed by atoms with Crippen LogP contribution in [-0.4, -0.2) is 17.4 Å². The predicted octanol–water partition coefficient (Wildman–Crippen LogP) is 2.63. The number of carbonyl (C=O) groups excluding carboxylic acids is 1. The minimum atomic E-state index is -0.410. The predicted molar refractivity (Wildman–Crippen MR) is 80.5 cm³/mol. The number of hydrogen-bond donors (Lipinski definition) is 2. The third kappa shape index (κ3) is 4.72. The number of anilines is 1. The molecule has 6 heteroatoms. The van der Waals surface area contributed by atoms with Crippen LogP contribution >= 0.6 is 11.6 Å². The molecule has 1 heterocycles. The number of nitrogens with zero attached hydrogens (tertiary/aromatic N) is 1. The van der Waals surface area contributed by atoms with Crippen molar-refractivity contribution in [1.82, 2.24) is 4.98 Å². The van der Waals surface area contributed by atoms with Crippen LogP contribution in [0.4, 0.5) is 10.1 Å². The molecule has 0 aliphatic rings. The van der Waals surface area contributed by atoms with E-state index in [0.29, 0.717) is 18.1 Å². The van der Waals surface area contributed by atoms with E-state index in [-0.39, 0.29) is 5.82 Å². The van der Waals surface area contributed by atoms with Crippen LogP contribution in [0, 0.1) is 11.7 Å². The fourth-order valence-corrected chi connectivity index (χ4v) is 2.11. The molecule has 0 bridgehead atoms. The molecule has 1 atom stereocenters. The topological polar surface area (TPSA) is 68.0 Å². The second-order valence-electron chi connectivity index (χ2n) is 4.68. The molecule has 1 unspecified atom stereocenters. The van der Waals surface area contributed by atoms with Gasteiger partial charge in [0, 0.05) is 18.4 Å². The number of nitrogens with two attached hydrogens (primary N) is 1. The van der Waals surface area contributed by atoms with Gasteiger partial charge in [-0.3, -0.25) is 4.79 Å². The third-order valence-corrected chi connectivity index (χ3v) is 3.28. The van der Waals surface area contributed by atoms with Crippen molar-refractivity contribution in [3.63, 3.8) is 0 Å². The van der Waals surface area contributed by atoms with Crippen molar-refractivity contribution in [2.45, 2.75) is 6.42 Å². The van der Waals surface area contributed by atoms with Crippen LogP contribution < -0.4 is 11.1 Å². The van der Waals surface area contributed by atoms with Crippen LogP contribution in [0.5, 0.6) is 0 Å². The Hall–Kier alpha value is -2.14. The summed E-state index contributed by atoms with van der Waals surface area (Å²) in [5.74, 6) is -1.12. The summed E-state index contributed by atoms with van der Waals surface area (Å²) in [6.45, 7) is 0.368. The van der Waals surface area contributed by atoms with Gasteiger partial charge in [0.2, 0.25) is 5.91 Å². The van der Waals surface area contributed by atoms with Crippen molar-refractivity contribution in [1.29, 1.82) is 0 Å². The van der Waals surface area contributed by atoms with Gasteiger partial charge in [-0.25, -0.2) is 9.37 Å². The van der Waals surface area contributed by atoms with Gasteiger partial charge in [0.25, 0.3) is 0 Å². The number of carbonyl (C=O) groups is 1. The molecule has 3 N–H and O–H groups in total. The SMILES string of the molecule is NC(=O)C(CNc1ccnc(Cl)c1)Cc1ccc(F)cc1. The first-order chi connectivity index (χ1) is 10.0. The zero-order valence-corrected chi connectivity index (χ0v) is 12.0. The minimum Gasteiger partial charge on any atom is -0.384 e. The fraction of sp³-hybridized carbons (Fsp3) is 0.200. The lowest BCUT2D eigenvalue weighted by atomic mass is 9.98. The Morgan fingerprint density at radius 1 is 1.33 bits per heavy atom. The number of halogens is 2. The third-order valence-electron chi connectivity index (χ3n) is 3.08. The van der Waals surface area contributed by atoms with Gasteiger partial charge in [-0.05, 0) is 36.2 Å². The summed E-state index contributed by atoms with van der Waals surface area (Å²) in [5, 5.41) is 3.47. The fourth-order valence-electron chi connectivity index (χ4n) is 1.93. The van der Waals surface area contributed by atoms with Gasteiger partial charge >= 0.3 is 0 Å². The molecule has 0 spiro atoms. The Labute approximate surface area is 127 Å². The summed E-state index contributed by atoms with van der Waals surface area (Å²) >= 11 is 5.79. The molecule has 4 nitrogen and oxygen atoms in total. The number of amides is 1. The van der Waals surface area contributed by atoms with E-state index in [1.807, 2.05) is 0 Å². The van der Waals surface area contributed by atoms with Gasteiger partial charge in [-0.15, -0.1) is 0 Å². The zero-order chi connectivity index (χ0) is 15.2. The smallest absolute Gasteiger partial charge is 0.222 e. The highest BCUT2D eigenvalue weighted by molar-refractivity contribution is 6.29. The maximum atomic E-state index is 12.9. The van der Waals surface area contributed by atoms with E-state index in [9.17, 15) is 9.18 Å². The molecule has 1 amide bonds. The van der Waals surface area contributed by atoms with Gasteiger partial charge < -0.3 is 11.1 Å². The molecule has 1 aromatic carbocycles. The lowest BCUT2D eigenvalue weighted by molar-refractivity contribution is -0.121. The molecule has 0 aliphatic heterocycles. The van der Waals surface area contributed by atoms with Crippen LogP contribution in [0.15, 0.2) is 42.6 Å². The molecular weight excluding hydrogens is 293 g/mol. The Bertz CT molecular complexity index is 619. The van der Waals surface area contributed by atoms with E-state index in [4.69, 9.17) is 17.3 Å². The molecule has 0 saturated carbocycles. The van der Waals surface area contributed by atoms with Crippen molar-refractivity contribution in [3.8, 4) is 0 Å². The highest BCUT2D eigenvalue weighted by atomic mass is 35.5. The highest BCUT2D eigenvalue weighted by Gasteiger charge is 2.16. The Morgan fingerprint density at radius 3 is 2.67 bits per heavy atom. The van der Waals surface area contributed by atoms with Crippen molar-refractivity contribution in [2.24, 2.45) is 11.7 Å². The number of nitrogens with one attached hydrogen (secondary N) is 1. The van der Waals surface area contributed by atoms with E-state index in [2.05, 4.69) is 10.3 Å². The van der Waals surface area contributed by atoms with Crippen LogP contribution in [0.3, 0.4) is 0 Å². The average molecular weight is 308 g/mol. The summed E-state index contributed by atoms with van der Waals surface area (Å²) in [6, 6.07) is 9.44. The van der Waals surface area contributed by atoms with Gasteiger partial charge in [0.15, 0.2) is 0 Å². The number of hydrogen-bond acceptors (Lipinski definition) is 3. The number of benzene rings is 1. The van der Waals surface area contributed by atoms with Crippen molar-refractivity contribution in [3.05, 3.63) is 59.1 Å². The standard InChI is InChI=1S/C15H15ClFN3O/c16-14-8-13(5-6-19-14)20-9-11(15(18)21)7-10-1-3-12(17)4-2-10/h1-6,8,11H,7,9H2,(H2,18,21)(H,19,20). The van der Waals surface area contributed by atoms with E-state index >= 15 is 0 Å². The first kappa shape index (κ1) is 15.3. The Kier molecular flexibility index (Phi) is 5.11. The summed E-state index contributed by atoms with van der Waals surface area (Å²) in [5.41, 5.74) is 7.04. The Morgan fingerprint density at radius 2 is 2.05 bits per heavy atom. The molecule has 0 aliphatic carbocycles. The van der Waals surface area contributed by atoms with E-state index in [1.54, 1.807) is 30.5 Å². The van der Waals surface area contributed by atoms with E-state index in [0.717, 1.165) is 11.3 Å². The summed E-state index contributed by atoms with van der Waals surface area (Å²) in [6.07, 6.45) is 2.02. The van der Waals surface area contributed by atoms with Gasteiger partial charge in [-0.1, -0.05) is 23.7 Å². The van der Waals surface area contributed by atoms with Crippen molar-refractivity contribution >= 4 is 23.2 Å². The molecule has 1 aromatic heterocycles. The van der Waals surface area contributed by atoms with Crippen LogP contribution in [-0.2, 0) is 11.2 Å². The normalized spacial score (nSPS) is 11.9. The number of primary amides is 1. The molecule has 0 radical (unpaired) electrons.